The molecule has 3 amide bonds. The lowest BCUT2D eigenvalue weighted by Crippen LogP contribution is -2.33. The molecule has 0 saturated heterocycles. The van der Waals surface area contributed by atoms with Crippen molar-refractivity contribution in [2.24, 2.45) is 5.10 Å². The highest BCUT2D eigenvalue weighted by Gasteiger charge is 2.18. The van der Waals surface area contributed by atoms with E-state index >= 15 is 0 Å². The molecule has 9 nitrogen and oxygen atoms in total. The number of hydrogen-bond acceptors (Lipinski definition) is 5. The normalized spacial score (nSPS) is 10.8. The number of carbonyl (C=O) groups is 3. The van der Waals surface area contributed by atoms with Gasteiger partial charge in [-0.25, -0.2) is 14.5 Å². The smallest absolute Gasteiger partial charge is 0.322 e. The summed E-state index contributed by atoms with van der Waals surface area (Å²) in [5.41, 5.74) is 6.62. The summed E-state index contributed by atoms with van der Waals surface area (Å²) >= 11 is 0. The van der Waals surface area contributed by atoms with Crippen LogP contribution < -0.4 is 16.1 Å². The van der Waals surface area contributed by atoms with Crippen molar-refractivity contribution in [3.8, 4) is 16.9 Å². The zero-order valence-corrected chi connectivity index (χ0v) is 22.4. The Labute approximate surface area is 240 Å². The Bertz CT molecular complexity index is 1760. The van der Waals surface area contributed by atoms with Gasteiger partial charge in [0.25, 0.3) is 5.91 Å². The maximum Gasteiger partial charge on any atom is 0.329 e. The Kier molecular flexibility index (Phi) is 8.24. The lowest BCUT2D eigenvalue weighted by Gasteiger charge is -2.11. The lowest BCUT2D eigenvalue weighted by molar-refractivity contribution is -0.136. The maximum atomic E-state index is 13.5. The van der Waals surface area contributed by atoms with Crippen LogP contribution in [0.3, 0.4) is 0 Å². The van der Waals surface area contributed by atoms with E-state index in [0.717, 1.165) is 11.3 Å². The Morgan fingerprint density at radius 2 is 1.50 bits per heavy atom. The van der Waals surface area contributed by atoms with Crippen LogP contribution in [0.2, 0.25) is 0 Å². The molecule has 4 aromatic carbocycles. The van der Waals surface area contributed by atoms with Crippen LogP contribution in [-0.2, 0) is 9.59 Å². The molecule has 5 aromatic rings. The number of para-hydroxylation sites is 2. The summed E-state index contributed by atoms with van der Waals surface area (Å²) in [6, 6.07) is 28.8. The van der Waals surface area contributed by atoms with E-state index in [2.05, 4.69) is 26.3 Å². The molecule has 0 aliphatic carbocycles. The van der Waals surface area contributed by atoms with E-state index in [1.54, 1.807) is 47.3 Å². The van der Waals surface area contributed by atoms with Crippen molar-refractivity contribution < 1.29 is 18.8 Å². The SMILES string of the molecule is Cc1ccc(NC(=O)c2ccccc2NC(=O)C(=O)N/N=C\c2cn(-c3ccccc3)nc2-c2ccc(F)cc2)cc1. The third-order valence-electron chi connectivity index (χ3n) is 6.19. The highest BCUT2D eigenvalue weighted by Crippen LogP contribution is 2.23. The number of hydrazone groups is 1. The van der Waals surface area contributed by atoms with Gasteiger partial charge in [0.2, 0.25) is 0 Å². The molecule has 0 fully saturated rings. The summed E-state index contributed by atoms with van der Waals surface area (Å²) in [7, 11) is 0. The average molecular weight is 561 g/mol. The number of rotatable bonds is 7. The molecule has 208 valence electrons. The largest absolute Gasteiger partial charge is 0.329 e. The van der Waals surface area contributed by atoms with Crippen LogP contribution in [0.25, 0.3) is 16.9 Å². The number of hydrogen-bond donors (Lipinski definition) is 3. The van der Waals surface area contributed by atoms with Gasteiger partial charge in [0.15, 0.2) is 0 Å². The first-order chi connectivity index (χ1) is 20.4. The van der Waals surface area contributed by atoms with Gasteiger partial charge < -0.3 is 10.6 Å². The van der Waals surface area contributed by atoms with E-state index in [0.29, 0.717) is 22.5 Å². The minimum atomic E-state index is -1.04. The summed E-state index contributed by atoms with van der Waals surface area (Å²) in [6.45, 7) is 1.94. The van der Waals surface area contributed by atoms with Crippen molar-refractivity contribution in [2.75, 3.05) is 10.6 Å². The molecule has 5 rings (SSSR count). The van der Waals surface area contributed by atoms with Crippen LogP contribution in [0.1, 0.15) is 21.5 Å². The topological polar surface area (TPSA) is 117 Å². The Balaban J connectivity index is 1.29. The van der Waals surface area contributed by atoms with Gasteiger partial charge in [-0.1, -0.05) is 48.0 Å². The molecule has 0 unspecified atom stereocenters. The maximum absolute atomic E-state index is 13.5. The Morgan fingerprint density at radius 1 is 0.810 bits per heavy atom. The van der Waals surface area contributed by atoms with E-state index in [-0.39, 0.29) is 17.1 Å². The van der Waals surface area contributed by atoms with Crippen LogP contribution in [0.5, 0.6) is 0 Å². The number of aryl methyl sites for hydroxylation is 1. The fourth-order valence-electron chi connectivity index (χ4n) is 4.04. The Hall–Kier alpha value is -5.90. The van der Waals surface area contributed by atoms with Crippen molar-refractivity contribution in [3.05, 3.63) is 132 Å². The molecule has 3 N–H and O–H groups in total. The standard InChI is InChI=1S/C32H25FN6O3/c1-21-11-17-25(18-12-21)35-30(40)27-9-5-6-10-28(27)36-31(41)32(42)37-34-19-23-20-39(26-7-3-2-4-8-26)38-29(23)22-13-15-24(33)16-14-22/h2-20H,1H3,(H,35,40)(H,36,41)(H,37,42)/b34-19-. The molecule has 0 atom stereocenters. The van der Waals surface area contributed by atoms with Crippen LogP contribution >= 0.6 is 0 Å². The van der Waals surface area contributed by atoms with E-state index in [1.807, 2.05) is 49.4 Å². The number of halogens is 1. The summed E-state index contributed by atoms with van der Waals surface area (Å²) in [4.78, 5) is 38.1. The van der Waals surface area contributed by atoms with Crippen LogP contribution in [0.15, 0.2) is 114 Å². The lowest BCUT2D eigenvalue weighted by atomic mass is 10.1. The number of carbonyl (C=O) groups excluding carboxylic acids is 3. The molecule has 0 bridgehead atoms. The zero-order chi connectivity index (χ0) is 29.5. The van der Waals surface area contributed by atoms with Crippen molar-refractivity contribution >= 4 is 35.3 Å². The molecule has 42 heavy (non-hydrogen) atoms. The molecule has 1 heterocycles. The molecular formula is C32H25FN6O3. The number of nitrogens with one attached hydrogen (secondary N) is 3. The van der Waals surface area contributed by atoms with Crippen molar-refractivity contribution in [1.29, 1.82) is 0 Å². The van der Waals surface area contributed by atoms with E-state index < -0.39 is 17.7 Å². The van der Waals surface area contributed by atoms with Gasteiger partial charge in [0, 0.05) is 23.0 Å². The molecule has 0 radical (unpaired) electrons. The monoisotopic (exact) mass is 560 g/mol. The summed E-state index contributed by atoms with van der Waals surface area (Å²) < 4.78 is 15.1. The van der Waals surface area contributed by atoms with Gasteiger partial charge in [0.05, 0.1) is 23.2 Å². The molecule has 0 saturated carbocycles. The van der Waals surface area contributed by atoms with E-state index in [9.17, 15) is 18.8 Å². The fourth-order valence-corrected chi connectivity index (χ4v) is 4.04. The highest BCUT2D eigenvalue weighted by atomic mass is 19.1. The van der Waals surface area contributed by atoms with Crippen LogP contribution in [0.4, 0.5) is 15.8 Å². The quantitative estimate of drug-likeness (QED) is 0.142. The molecule has 1 aromatic heterocycles. The Morgan fingerprint density at radius 3 is 2.24 bits per heavy atom. The summed E-state index contributed by atoms with van der Waals surface area (Å²) in [5.74, 6) is -2.89. The average Bonchev–Trinajstić information content (AvgIpc) is 3.43. The number of anilines is 2. The summed E-state index contributed by atoms with van der Waals surface area (Å²) in [5, 5.41) is 13.8. The number of aromatic nitrogens is 2. The second-order valence-electron chi connectivity index (χ2n) is 9.24. The third kappa shape index (κ3) is 6.62. The number of amides is 3. The van der Waals surface area contributed by atoms with E-state index in [1.165, 1.54) is 30.5 Å². The third-order valence-corrected chi connectivity index (χ3v) is 6.19. The van der Waals surface area contributed by atoms with E-state index in [4.69, 9.17) is 0 Å². The van der Waals surface area contributed by atoms with Gasteiger partial charge in [-0.2, -0.15) is 10.2 Å². The number of nitrogens with zero attached hydrogens (tertiary/aromatic N) is 3. The zero-order valence-electron chi connectivity index (χ0n) is 22.4. The minimum absolute atomic E-state index is 0.161. The van der Waals surface area contributed by atoms with Gasteiger partial charge >= 0.3 is 11.8 Å². The minimum Gasteiger partial charge on any atom is -0.322 e. The molecular weight excluding hydrogens is 535 g/mol. The van der Waals surface area contributed by atoms with Gasteiger partial charge in [0.1, 0.15) is 11.5 Å². The van der Waals surface area contributed by atoms with Crippen molar-refractivity contribution in [1.82, 2.24) is 15.2 Å². The summed E-state index contributed by atoms with van der Waals surface area (Å²) in [6.07, 6.45) is 3.05. The fraction of sp³-hybridized carbons (Fsp3) is 0.0312. The first-order valence-corrected chi connectivity index (χ1v) is 12.9. The predicted molar refractivity (Wildman–Crippen MR) is 159 cm³/mol. The second-order valence-corrected chi connectivity index (χ2v) is 9.24. The predicted octanol–water partition coefficient (Wildman–Crippen LogP) is 5.33. The number of benzene rings is 4. The molecule has 0 aliphatic heterocycles. The van der Waals surface area contributed by atoms with Gasteiger partial charge in [-0.3, -0.25) is 14.4 Å². The van der Waals surface area contributed by atoms with Gasteiger partial charge in [-0.05, 0) is 67.6 Å². The molecule has 10 heteroatoms. The van der Waals surface area contributed by atoms with Gasteiger partial charge in [-0.15, -0.1) is 0 Å². The molecule has 0 aliphatic rings. The molecule has 0 spiro atoms. The van der Waals surface area contributed by atoms with Crippen LogP contribution in [-0.4, -0.2) is 33.7 Å². The first-order valence-electron chi connectivity index (χ1n) is 12.9. The van der Waals surface area contributed by atoms with Crippen molar-refractivity contribution in [3.63, 3.8) is 0 Å². The van der Waals surface area contributed by atoms with Crippen molar-refractivity contribution in [2.45, 2.75) is 6.92 Å². The van der Waals surface area contributed by atoms with Crippen LogP contribution in [0, 0.1) is 12.7 Å². The highest BCUT2D eigenvalue weighted by molar-refractivity contribution is 6.40. The second kappa shape index (κ2) is 12.5. The first kappa shape index (κ1) is 27.7.